The summed E-state index contributed by atoms with van der Waals surface area (Å²) in [6, 6.07) is 13.1. The van der Waals surface area contributed by atoms with E-state index in [0.717, 1.165) is 12.3 Å². The Kier molecular flexibility index (Phi) is 3.97. The van der Waals surface area contributed by atoms with E-state index in [2.05, 4.69) is 34.6 Å². The fourth-order valence-electron chi connectivity index (χ4n) is 2.72. The summed E-state index contributed by atoms with van der Waals surface area (Å²) in [6.45, 7) is 0.906. The van der Waals surface area contributed by atoms with E-state index in [1.807, 2.05) is 24.5 Å². The third kappa shape index (κ3) is 2.99. The van der Waals surface area contributed by atoms with Gasteiger partial charge in [-0.15, -0.1) is 0 Å². The molecular weight excluding hydrogens is 248 g/mol. The lowest BCUT2D eigenvalue weighted by atomic mass is 9.76. The van der Waals surface area contributed by atoms with Gasteiger partial charge in [0.2, 0.25) is 0 Å². The van der Waals surface area contributed by atoms with Crippen molar-refractivity contribution in [2.45, 2.75) is 31.3 Å². The highest BCUT2D eigenvalue weighted by molar-refractivity contribution is 5.32. The molecule has 0 spiro atoms. The maximum Gasteiger partial charge on any atom is 0.119 e. The molecule has 3 nitrogen and oxygen atoms in total. The zero-order valence-corrected chi connectivity index (χ0v) is 11.8. The number of methoxy groups -OCH3 is 1. The van der Waals surface area contributed by atoms with Crippen LogP contribution in [-0.2, 0) is 6.54 Å². The molecule has 0 unspecified atom stereocenters. The molecular formula is C17H20N2O. The van der Waals surface area contributed by atoms with Crippen LogP contribution in [0.3, 0.4) is 0 Å². The van der Waals surface area contributed by atoms with Crippen LogP contribution in [0.5, 0.6) is 5.75 Å². The van der Waals surface area contributed by atoms with E-state index < -0.39 is 0 Å². The van der Waals surface area contributed by atoms with E-state index in [-0.39, 0.29) is 0 Å². The summed E-state index contributed by atoms with van der Waals surface area (Å²) in [7, 11) is 1.72. The highest BCUT2D eigenvalue weighted by atomic mass is 16.5. The van der Waals surface area contributed by atoms with Gasteiger partial charge in [0.15, 0.2) is 0 Å². The Morgan fingerprint density at radius 1 is 1.25 bits per heavy atom. The van der Waals surface area contributed by atoms with Crippen molar-refractivity contribution in [1.82, 2.24) is 10.3 Å². The smallest absolute Gasteiger partial charge is 0.119 e. The van der Waals surface area contributed by atoms with Crippen LogP contribution in [0.25, 0.3) is 0 Å². The quantitative estimate of drug-likeness (QED) is 0.904. The number of nitrogens with one attached hydrogen (secondary N) is 1. The largest absolute Gasteiger partial charge is 0.497 e. The van der Waals surface area contributed by atoms with Gasteiger partial charge in [0, 0.05) is 25.0 Å². The minimum atomic E-state index is 0.617. The summed E-state index contributed by atoms with van der Waals surface area (Å²) in [6.07, 6.45) is 6.14. The Hall–Kier alpha value is -1.87. The standard InChI is InChI=1S/C17H20N2O/c1-20-17-6-2-5-14(10-17)15-8-16(9-15)19-12-13-4-3-7-18-11-13/h2-7,10-11,15-16,19H,8-9,12H2,1H3. The van der Waals surface area contributed by atoms with Crippen LogP contribution < -0.4 is 10.1 Å². The highest BCUT2D eigenvalue weighted by Gasteiger charge is 2.29. The Labute approximate surface area is 120 Å². The monoisotopic (exact) mass is 268 g/mol. The van der Waals surface area contributed by atoms with E-state index in [0.29, 0.717) is 12.0 Å². The third-order valence-corrected chi connectivity index (χ3v) is 4.02. The van der Waals surface area contributed by atoms with Crippen molar-refractivity contribution in [1.29, 1.82) is 0 Å². The van der Waals surface area contributed by atoms with Crippen LogP contribution in [0.1, 0.15) is 29.9 Å². The fraction of sp³-hybridized carbons (Fsp3) is 0.353. The summed E-state index contributed by atoms with van der Waals surface area (Å²) in [5.74, 6) is 1.62. The molecule has 0 saturated heterocycles. The van der Waals surface area contributed by atoms with Gasteiger partial charge < -0.3 is 10.1 Å². The predicted octanol–water partition coefficient (Wildman–Crippen LogP) is 3.13. The van der Waals surface area contributed by atoms with Crippen LogP contribution in [0.2, 0.25) is 0 Å². The zero-order valence-electron chi connectivity index (χ0n) is 11.8. The second kappa shape index (κ2) is 6.06. The van der Waals surface area contributed by atoms with Gasteiger partial charge in [-0.2, -0.15) is 0 Å². The van der Waals surface area contributed by atoms with Gasteiger partial charge >= 0.3 is 0 Å². The van der Waals surface area contributed by atoms with Crippen molar-refractivity contribution in [3.63, 3.8) is 0 Å². The zero-order chi connectivity index (χ0) is 13.8. The average Bonchev–Trinajstić information content (AvgIpc) is 2.47. The Balaban J connectivity index is 1.49. The molecule has 1 aromatic heterocycles. The van der Waals surface area contributed by atoms with Crippen molar-refractivity contribution in [3.8, 4) is 5.75 Å². The first kappa shape index (κ1) is 13.1. The van der Waals surface area contributed by atoms with Crippen molar-refractivity contribution in [2.24, 2.45) is 0 Å². The number of benzene rings is 1. The molecule has 1 aliphatic carbocycles. The van der Waals surface area contributed by atoms with Crippen LogP contribution in [0.4, 0.5) is 0 Å². The normalized spacial score (nSPS) is 21.2. The molecule has 1 N–H and O–H groups in total. The van der Waals surface area contributed by atoms with Gasteiger partial charge in [0.1, 0.15) is 5.75 Å². The Morgan fingerprint density at radius 2 is 2.15 bits per heavy atom. The number of hydrogen-bond donors (Lipinski definition) is 1. The van der Waals surface area contributed by atoms with E-state index >= 15 is 0 Å². The summed E-state index contributed by atoms with van der Waals surface area (Å²) in [5.41, 5.74) is 2.64. The third-order valence-electron chi connectivity index (χ3n) is 4.02. The van der Waals surface area contributed by atoms with Gasteiger partial charge in [-0.1, -0.05) is 18.2 Å². The maximum absolute atomic E-state index is 5.28. The van der Waals surface area contributed by atoms with Crippen molar-refractivity contribution >= 4 is 0 Å². The molecule has 2 aromatic rings. The number of hydrogen-bond acceptors (Lipinski definition) is 3. The van der Waals surface area contributed by atoms with E-state index in [1.165, 1.54) is 24.0 Å². The maximum atomic E-state index is 5.28. The number of nitrogens with zero attached hydrogens (tertiary/aromatic N) is 1. The van der Waals surface area contributed by atoms with Gasteiger partial charge in [-0.25, -0.2) is 0 Å². The summed E-state index contributed by atoms with van der Waals surface area (Å²) < 4.78 is 5.28. The topological polar surface area (TPSA) is 34.1 Å². The van der Waals surface area contributed by atoms with Crippen molar-refractivity contribution < 1.29 is 4.74 Å². The molecule has 3 rings (SSSR count). The summed E-state index contributed by atoms with van der Waals surface area (Å²) in [4.78, 5) is 4.13. The van der Waals surface area contributed by atoms with Crippen molar-refractivity contribution in [3.05, 3.63) is 59.9 Å². The summed E-state index contributed by atoms with van der Waals surface area (Å²) in [5, 5.41) is 3.59. The minimum Gasteiger partial charge on any atom is -0.497 e. The van der Waals surface area contributed by atoms with Gasteiger partial charge in [-0.05, 0) is 48.1 Å². The number of aromatic nitrogens is 1. The number of ether oxygens (including phenoxy) is 1. The molecule has 0 radical (unpaired) electrons. The van der Waals surface area contributed by atoms with Crippen LogP contribution in [-0.4, -0.2) is 18.1 Å². The molecule has 20 heavy (non-hydrogen) atoms. The molecule has 0 amide bonds. The lowest BCUT2D eigenvalue weighted by Crippen LogP contribution is -2.39. The molecule has 3 heteroatoms. The first-order chi connectivity index (χ1) is 9.85. The second-order valence-corrected chi connectivity index (χ2v) is 5.38. The van der Waals surface area contributed by atoms with Crippen LogP contribution >= 0.6 is 0 Å². The van der Waals surface area contributed by atoms with Gasteiger partial charge in [-0.3, -0.25) is 4.98 Å². The minimum absolute atomic E-state index is 0.617. The molecule has 0 aliphatic heterocycles. The lowest BCUT2D eigenvalue weighted by Gasteiger charge is -2.36. The Morgan fingerprint density at radius 3 is 2.90 bits per heavy atom. The highest BCUT2D eigenvalue weighted by Crippen LogP contribution is 2.38. The average molecular weight is 268 g/mol. The van der Waals surface area contributed by atoms with Crippen LogP contribution in [0, 0.1) is 0 Å². The van der Waals surface area contributed by atoms with E-state index in [4.69, 9.17) is 4.74 Å². The fourth-order valence-corrected chi connectivity index (χ4v) is 2.72. The first-order valence-electron chi connectivity index (χ1n) is 7.11. The molecule has 0 bridgehead atoms. The molecule has 0 atom stereocenters. The van der Waals surface area contributed by atoms with Crippen LogP contribution in [0.15, 0.2) is 48.8 Å². The first-order valence-corrected chi connectivity index (χ1v) is 7.11. The lowest BCUT2D eigenvalue weighted by molar-refractivity contribution is 0.288. The predicted molar refractivity (Wildman–Crippen MR) is 79.8 cm³/mol. The SMILES string of the molecule is COc1cccc(C2CC(NCc3cccnc3)C2)c1. The number of rotatable bonds is 5. The van der Waals surface area contributed by atoms with Crippen molar-refractivity contribution in [2.75, 3.05) is 7.11 Å². The molecule has 104 valence electrons. The molecule has 1 fully saturated rings. The summed E-state index contributed by atoms with van der Waals surface area (Å²) >= 11 is 0. The molecule has 1 heterocycles. The Bertz CT molecular complexity index is 550. The second-order valence-electron chi connectivity index (χ2n) is 5.38. The molecule has 1 saturated carbocycles. The van der Waals surface area contributed by atoms with Gasteiger partial charge in [0.25, 0.3) is 0 Å². The molecule has 1 aliphatic rings. The van der Waals surface area contributed by atoms with E-state index in [1.54, 1.807) is 7.11 Å². The molecule has 1 aromatic carbocycles. The number of pyridine rings is 1. The van der Waals surface area contributed by atoms with Gasteiger partial charge in [0.05, 0.1) is 7.11 Å². The van der Waals surface area contributed by atoms with E-state index in [9.17, 15) is 0 Å².